The molecule has 0 bridgehead atoms. The molecule has 0 atom stereocenters. The lowest BCUT2D eigenvalue weighted by Crippen LogP contribution is -2.39. The molecule has 1 aliphatic rings. The highest BCUT2D eigenvalue weighted by molar-refractivity contribution is 5.97. The largest absolute Gasteiger partial charge is 0.482 e. The standard InChI is InChI=1S/C25H22F2N6O5/c1-13(34)30-21-10-33-22(31-21)4-3-20(32-33)14-6-18(25(36-2)29-8-14)24(35)28-9-15-5-16(26)7-19(27)23(15)38-17-11-37-12-17/h3-8,10,17H,9,11-12H2,1-2H3,(H,28,35)(H,30,34). The van der Waals surface area contributed by atoms with E-state index < -0.39 is 17.5 Å². The van der Waals surface area contributed by atoms with Gasteiger partial charge >= 0.3 is 0 Å². The summed E-state index contributed by atoms with van der Waals surface area (Å²) >= 11 is 0. The van der Waals surface area contributed by atoms with Gasteiger partial charge in [-0.2, -0.15) is 5.10 Å². The van der Waals surface area contributed by atoms with Crippen LogP contribution in [0.1, 0.15) is 22.8 Å². The smallest absolute Gasteiger partial charge is 0.257 e. The molecule has 1 fully saturated rings. The van der Waals surface area contributed by atoms with Gasteiger partial charge in [-0.05, 0) is 24.3 Å². The van der Waals surface area contributed by atoms with E-state index >= 15 is 0 Å². The van der Waals surface area contributed by atoms with Crippen LogP contribution in [0.3, 0.4) is 0 Å². The second kappa shape index (κ2) is 10.4. The van der Waals surface area contributed by atoms with Gasteiger partial charge in [0.1, 0.15) is 17.5 Å². The average Bonchev–Trinajstić information content (AvgIpc) is 3.25. The number of anilines is 1. The van der Waals surface area contributed by atoms with Crippen LogP contribution in [-0.2, 0) is 16.1 Å². The van der Waals surface area contributed by atoms with Crippen LogP contribution in [-0.4, -0.2) is 57.8 Å². The average molecular weight is 524 g/mol. The van der Waals surface area contributed by atoms with Crippen LogP contribution in [0.4, 0.5) is 14.6 Å². The lowest BCUT2D eigenvalue weighted by atomic mass is 10.1. The fourth-order valence-corrected chi connectivity index (χ4v) is 3.79. The number of hydrogen-bond donors (Lipinski definition) is 2. The first-order chi connectivity index (χ1) is 18.3. The van der Waals surface area contributed by atoms with Crippen LogP contribution in [0.15, 0.2) is 42.7 Å². The number of imidazole rings is 1. The molecular weight excluding hydrogens is 502 g/mol. The van der Waals surface area contributed by atoms with Crippen LogP contribution >= 0.6 is 0 Å². The van der Waals surface area contributed by atoms with Crippen LogP contribution < -0.4 is 20.1 Å². The number of pyridine rings is 1. The lowest BCUT2D eigenvalue weighted by molar-refractivity contribution is -0.114. The van der Waals surface area contributed by atoms with Crippen molar-refractivity contribution in [3.05, 3.63) is 65.5 Å². The molecule has 0 spiro atoms. The fourth-order valence-electron chi connectivity index (χ4n) is 3.79. The number of rotatable bonds is 8. The van der Waals surface area contributed by atoms with Crippen LogP contribution in [0.5, 0.6) is 11.6 Å². The second-order valence-electron chi connectivity index (χ2n) is 8.45. The van der Waals surface area contributed by atoms with Crippen molar-refractivity contribution in [2.24, 2.45) is 0 Å². The summed E-state index contributed by atoms with van der Waals surface area (Å²) in [6.45, 7) is 1.76. The van der Waals surface area contributed by atoms with Crippen molar-refractivity contribution in [3.8, 4) is 22.9 Å². The number of aromatic nitrogens is 4. The maximum Gasteiger partial charge on any atom is 0.257 e. The number of carbonyl (C=O) groups excluding carboxylic acids is 2. The summed E-state index contributed by atoms with van der Waals surface area (Å²) in [6.07, 6.45) is 2.70. The van der Waals surface area contributed by atoms with Gasteiger partial charge in [0.25, 0.3) is 5.91 Å². The summed E-state index contributed by atoms with van der Waals surface area (Å²) in [6, 6.07) is 6.75. The molecule has 2 amide bonds. The first-order valence-corrected chi connectivity index (χ1v) is 11.5. The van der Waals surface area contributed by atoms with E-state index in [1.807, 2.05) is 0 Å². The van der Waals surface area contributed by atoms with E-state index in [9.17, 15) is 18.4 Å². The maximum absolute atomic E-state index is 14.4. The van der Waals surface area contributed by atoms with Gasteiger partial charge in [0.15, 0.2) is 23.0 Å². The first kappa shape index (κ1) is 25.0. The van der Waals surface area contributed by atoms with Crippen LogP contribution in [0.25, 0.3) is 16.9 Å². The Morgan fingerprint density at radius 2 is 2.03 bits per heavy atom. The molecule has 13 heteroatoms. The van der Waals surface area contributed by atoms with Crippen molar-refractivity contribution < 1.29 is 32.6 Å². The number of ether oxygens (including phenoxy) is 3. The highest BCUT2D eigenvalue weighted by Gasteiger charge is 2.25. The number of halogens is 2. The predicted molar refractivity (Wildman–Crippen MR) is 130 cm³/mol. The first-order valence-electron chi connectivity index (χ1n) is 11.5. The Morgan fingerprint density at radius 3 is 2.74 bits per heavy atom. The van der Waals surface area contributed by atoms with Crippen molar-refractivity contribution in [2.75, 3.05) is 25.6 Å². The Labute approximate surface area is 214 Å². The zero-order chi connectivity index (χ0) is 26.8. The monoisotopic (exact) mass is 524 g/mol. The van der Waals surface area contributed by atoms with E-state index in [4.69, 9.17) is 14.2 Å². The normalized spacial score (nSPS) is 13.2. The molecule has 38 heavy (non-hydrogen) atoms. The summed E-state index contributed by atoms with van der Waals surface area (Å²) in [5.41, 5.74) is 1.69. The Kier molecular flexibility index (Phi) is 6.83. The van der Waals surface area contributed by atoms with E-state index in [0.717, 1.165) is 12.1 Å². The highest BCUT2D eigenvalue weighted by Crippen LogP contribution is 2.28. The zero-order valence-electron chi connectivity index (χ0n) is 20.3. The molecule has 11 nitrogen and oxygen atoms in total. The number of nitrogens with one attached hydrogen (secondary N) is 2. The Bertz CT molecular complexity index is 1540. The number of nitrogens with zero attached hydrogens (tertiary/aromatic N) is 4. The molecule has 4 heterocycles. The molecule has 4 aromatic rings. The molecule has 1 saturated heterocycles. The van der Waals surface area contributed by atoms with Gasteiger partial charge in [-0.25, -0.2) is 23.3 Å². The van der Waals surface area contributed by atoms with Crippen LogP contribution in [0.2, 0.25) is 0 Å². The van der Waals surface area contributed by atoms with E-state index in [2.05, 4.69) is 25.7 Å². The van der Waals surface area contributed by atoms with Gasteiger partial charge in [-0.15, -0.1) is 0 Å². The zero-order valence-corrected chi connectivity index (χ0v) is 20.3. The van der Waals surface area contributed by atoms with Gasteiger partial charge in [0.2, 0.25) is 11.8 Å². The minimum absolute atomic E-state index is 0.0522. The molecule has 2 N–H and O–H groups in total. The second-order valence-corrected chi connectivity index (χ2v) is 8.45. The molecular formula is C25H22F2N6O5. The summed E-state index contributed by atoms with van der Waals surface area (Å²) in [4.78, 5) is 32.9. The number of benzene rings is 1. The summed E-state index contributed by atoms with van der Waals surface area (Å²) < 4.78 is 45.7. The topological polar surface area (TPSA) is 129 Å². The van der Waals surface area contributed by atoms with Gasteiger partial charge in [0.05, 0.1) is 32.2 Å². The molecule has 0 radical (unpaired) electrons. The van der Waals surface area contributed by atoms with Gasteiger partial charge in [-0.1, -0.05) is 0 Å². The number of methoxy groups -OCH3 is 1. The minimum Gasteiger partial charge on any atom is -0.482 e. The quantitative estimate of drug-likeness (QED) is 0.360. The minimum atomic E-state index is -0.870. The predicted octanol–water partition coefficient (Wildman–Crippen LogP) is 2.74. The fraction of sp³-hybridized carbons (Fsp3) is 0.240. The third-order valence-electron chi connectivity index (χ3n) is 5.63. The number of carbonyl (C=O) groups is 2. The Morgan fingerprint density at radius 1 is 1.21 bits per heavy atom. The van der Waals surface area contributed by atoms with Gasteiger partial charge in [0, 0.05) is 36.9 Å². The molecule has 1 aromatic carbocycles. The highest BCUT2D eigenvalue weighted by atomic mass is 19.1. The lowest BCUT2D eigenvalue weighted by Gasteiger charge is -2.28. The van der Waals surface area contributed by atoms with Crippen molar-refractivity contribution >= 4 is 23.3 Å². The van der Waals surface area contributed by atoms with E-state index in [0.29, 0.717) is 35.9 Å². The summed E-state index contributed by atoms with van der Waals surface area (Å²) in [5, 5.41) is 9.71. The third-order valence-corrected chi connectivity index (χ3v) is 5.63. The number of fused-ring (bicyclic) bond motifs is 1. The number of amides is 2. The molecule has 3 aromatic heterocycles. The molecule has 5 rings (SSSR count). The van der Waals surface area contributed by atoms with Crippen molar-refractivity contribution in [3.63, 3.8) is 0 Å². The van der Waals surface area contributed by atoms with E-state index in [1.165, 1.54) is 30.8 Å². The molecule has 0 aliphatic carbocycles. The summed E-state index contributed by atoms with van der Waals surface area (Å²) in [7, 11) is 1.37. The third kappa shape index (κ3) is 5.22. The molecule has 0 unspecified atom stereocenters. The molecule has 196 valence electrons. The van der Waals surface area contributed by atoms with Gasteiger partial charge < -0.3 is 24.8 Å². The molecule has 1 aliphatic heterocycles. The van der Waals surface area contributed by atoms with Gasteiger partial charge in [-0.3, -0.25) is 9.59 Å². The Balaban J connectivity index is 1.39. The Hall–Kier alpha value is -4.65. The van der Waals surface area contributed by atoms with Crippen molar-refractivity contribution in [1.82, 2.24) is 24.9 Å². The van der Waals surface area contributed by atoms with Crippen molar-refractivity contribution in [2.45, 2.75) is 19.6 Å². The number of hydrogen-bond acceptors (Lipinski definition) is 8. The maximum atomic E-state index is 14.4. The van der Waals surface area contributed by atoms with Crippen LogP contribution in [0, 0.1) is 11.6 Å². The SMILES string of the molecule is COc1ncc(-c2ccc3nc(NC(C)=O)cn3n2)cc1C(=O)NCc1cc(F)cc(F)c1OC1COC1. The van der Waals surface area contributed by atoms with E-state index in [1.54, 1.807) is 18.3 Å². The van der Waals surface area contributed by atoms with Crippen molar-refractivity contribution in [1.29, 1.82) is 0 Å². The summed E-state index contributed by atoms with van der Waals surface area (Å²) in [5.74, 6) is -2.27. The van der Waals surface area contributed by atoms with E-state index in [-0.39, 0.29) is 41.3 Å². The molecule has 0 saturated carbocycles.